The molecule has 3 rings (SSSR count). The van der Waals surface area contributed by atoms with Crippen LogP contribution in [0.3, 0.4) is 0 Å². The first-order valence-corrected chi connectivity index (χ1v) is 12.8. The van der Waals surface area contributed by atoms with Gasteiger partial charge in [-0.3, -0.25) is 0 Å². The van der Waals surface area contributed by atoms with Gasteiger partial charge in [0.1, 0.15) is 5.82 Å². The van der Waals surface area contributed by atoms with Crippen LogP contribution in [-0.4, -0.2) is 61.0 Å². The number of halogens is 1. The highest BCUT2D eigenvalue weighted by atomic mass is 19.1. The molecule has 0 saturated carbocycles. The molecule has 0 aliphatic rings. The van der Waals surface area contributed by atoms with Gasteiger partial charge in [-0.2, -0.15) is 15.0 Å². The van der Waals surface area contributed by atoms with Gasteiger partial charge in [0, 0.05) is 32.7 Å². The Kier molecular flexibility index (Phi) is 12.5. The first-order chi connectivity index (χ1) is 18.2. The molecular weight excluding hydrogens is 473 g/mol. The summed E-state index contributed by atoms with van der Waals surface area (Å²) in [7, 11) is 0. The lowest BCUT2D eigenvalue weighted by Gasteiger charge is -2.23. The fourth-order valence-corrected chi connectivity index (χ4v) is 3.49. The van der Waals surface area contributed by atoms with Gasteiger partial charge in [0.25, 0.3) is 0 Å². The van der Waals surface area contributed by atoms with Gasteiger partial charge in [-0.15, -0.1) is 0 Å². The summed E-state index contributed by atoms with van der Waals surface area (Å²) in [5.74, 6) is 1.23. The number of rotatable bonds is 18. The van der Waals surface area contributed by atoms with E-state index in [2.05, 4.69) is 39.6 Å². The van der Waals surface area contributed by atoms with Gasteiger partial charge in [0.2, 0.25) is 17.8 Å². The summed E-state index contributed by atoms with van der Waals surface area (Å²) in [5.41, 5.74) is 7.52. The van der Waals surface area contributed by atoms with Gasteiger partial charge in [0.15, 0.2) is 0 Å². The Hall–Kier alpha value is -3.34. The number of hydrogen-bond acceptors (Lipinski definition) is 9. The van der Waals surface area contributed by atoms with Crippen LogP contribution in [0, 0.1) is 5.82 Å². The Balaban J connectivity index is 1.71. The molecule has 0 unspecified atom stereocenters. The number of ether oxygens (including phenoxy) is 2. The molecule has 200 valence electrons. The van der Waals surface area contributed by atoms with Crippen molar-refractivity contribution in [2.75, 3.05) is 61.6 Å². The van der Waals surface area contributed by atoms with Crippen molar-refractivity contribution in [1.82, 2.24) is 15.0 Å². The van der Waals surface area contributed by atoms with E-state index < -0.39 is 0 Å². The monoisotopic (exact) mass is 511 g/mol. The molecule has 0 aliphatic carbocycles. The summed E-state index contributed by atoms with van der Waals surface area (Å²) in [4.78, 5) is 16.2. The quantitative estimate of drug-likeness (QED) is 0.219. The third kappa shape index (κ3) is 10.7. The minimum atomic E-state index is -0.265. The van der Waals surface area contributed by atoms with E-state index in [1.807, 2.05) is 18.2 Å². The number of benzene rings is 2. The maximum atomic E-state index is 13.3. The number of nitrogens with one attached hydrogen (secondary N) is 2. The Morgan fingerprint density at radius 3 is 2.24 bits per heavy atom. The standard InChI is InChI=1S/C27H38FN7O2/c1-2-3-15-35(21-23-7-5-4-6-8-23)27-33-25(30-14-17-37-19-18-36-16-13-29)32-26(34-27)31-20-22-9-11-24(28)12-10-22/h4-12H,2-3,13-21,29H2,1H3,(H2,30,31,32,33,34). The first kappa shape index (κ1) is 28.2. The predicted molar refractivity (Wildman–Crippen MR) is 145 cm³/mol. The summed E-state index contributed by atoms with van der Waals surface area (Å²) < 4.78 is 24.2. The molecule has 3 aromatic rings. The second-order valence-electron chi connectivity index (χ2n) is 8.46. The zero-order chi connectivity index (χ0) is 26.1. The number of nitrogens with zero attached hydrogens (tertiary/aromatic N) is 4. The van der Waals surface area contributed by atoms with Gasteiger partial charge in [-0.05, 0) is 29.7 Å². The van der Waals surface area contributed by atoms with Gasteiger partial charge in [-0.25, -0.2) is 4.39 Å². The number of anilines is 3. The van der Waals surface area contributed by atoms with E-state index in [0.29, 0.717) is 70.5 Å². The zero-order valence-electron chi connectivity index (χ0n) is 21.5. The number of unbranched alkanes of at least 4 members (excludes halogenated alkanes) is 1. The van der Waals surface area contributed by atoms with Crippen molar-refractivity contribution in [3.05, 3.63) is 71.5 Å². The van der Waals surface area contributed by atoms with Crippen LogP contribution in [0.15, 0.2) is 54.6 Å². The molecule has 9 nitrogen and oxygen atoms in total. The van der Waals surface area contributed by atoms with Crippen LogP contribution in [0.2, 0.25) is 0 Å². The van der Waals surface area contributed by atoms with Gasteiger partial charge in [0.05, 0.1) is 26.4 Å². The van der Waals surface area contributed by atoms with Gasteiger partial charge < -0.3 is 30.7 Å². The largest absolute Gasteiger partial charge is 0.378 e. The average molecular weight is 512 g/mol. The summed E-state index contributed by atoms with van der Waals surface area (Å²) >= 11 is 0. The van der Waals surface area contributed by atoms with Crippen LogP contribution < -0.4 is 21.3 Å². The lowest BCUT2D eigenvalue weighted by Crippen LogP contribution is -2.27. The van der Waals surface area contributed by atoms with Crippen molar-refractivity contribution in [2.45, 2.75) is 32.9 Å². The zero-order valence-corrected chi connectivity index (χ0v) is 21.5. The van der Waals surface area contributed by atoms with Crippen molar-refractivity contribution in [2.24, 2.45) is 5.73 Å². The summed E-state index contributed by atoms with van der Waals surface area (Å²) in [6.45, 7) is 7.18. The van der Waals surface area contributed by atoms with E-state index in [4.69, 9.17) is 25.2 Å². The van der Waals surface area contributed by atoms with Crippen molar-refractivity contribution >= 4 is 17.8 Å². The molecule has 10 heteroatoms. The third-order valence-electron chi connectivity index (χ3n) is 5.43. The molecule has 0 atom stereocenters. The molecular formula is C27H38FN7O2. The molecule has 1 heterocycles. The molecule has 0 bridgehead atoms. The lowest BCUT2D eigenvalue weighted by molar-refractivity contribution is 0.0547. The number of hydrogen-bond donors (Lipinski definition) is 3. The first-order valence-electron chi connectivity index (χ1n) is 12.8. The fourth-order valence-electron chi connectivity index (χ4n) is 3.49. The Bertz CT molecular complexity index is 1030. The van der Waals surface area contributed by atoms with E-state index in [0.717, 1.165) is 24.9 Å². The third-order valence-corrected chi connectivity index (χ3v) is 5.43. The molecule has 0 aliphatic heterocycles. The van der Waals surface area contributed by atoms with Crippen molar-refractivity contribution in [3.8, 4) is 0 Å². The number of aromatic nitrogens is 3. The maximum absolute atomic E-state index is 13.3. The SMILES string of the molecule is CCCCN(Cc1ccccc1)c1nc(NCCOCCOCCN)nc(NCc2ccc(F)cc2)n1. The predicted octanol–water partition coefficient (Wildman–Crippen LogP) is 3.83. The van der Waals surface area contributed by atoms with E-state index in [9.17, 15) is 4.39 Å². The molecule has 0 saturated heterocycles. The fraction of sp³-hybridized carbons (Fsp3) is 0.444. The molecule has 0 spiro atoms. The Morgan fingerprint density at radius 1 is 0.838 bits per heavy atom. The molecule has 4 N–H and O–H groups in total. The van der Waals surface area contributed by atoms with Crippen LogP contribution in [0.5, 0.6) is 0 Å². The van der Waals surface area contributed by atoms with E-state index in [1.54, 1.807) is 12.1 Å². The van der Waals surface area contributed by atoms with E-state index >= 15 is 0 Å². The smallest absolute Gasteiger partial charge is 0.232 e. The maximum Gasteiger partial charge on any atom is 0.232 e. The minimum absolute atomic E-state index is 0.265. The average Bonchev–Trinajstić information content (AvgIpc) is 2.92. The summed E-state index contributed by atoms with van der Waals surface area (Å²) in [6.07, 6.45) is 2.07. The Labute approximate surface area is 218 Å². The Morgan fingerprint density at radius 2 is 1.54 bits per heavy atom. The van der Waals surface area contributed by atoms with E-state index in [1.165, 1.54) is 17.7 Å². The highest BCUT2D eigenvalue weighted by Crippen LogP contribution is 2.18. The van der Waals surface area contributed by atoms with Crippen LogP contribution in [0.25, 0.3) is 0 Å². The normalized spacial score (nSPS) is 10.9. The van der Waals surface area contributed by atoms with Crippen LogP contribution >= 0.6 is 0 Å². The molecule has 0 fully saturated rings. The summed E-state index contributed by atoms with van der Waals surface area (Å²) in [6, 6.07) is 16.6. The van der Waals surface area contributed by atoms with Crippen molar-refractivity contribution in [3.63, 3.8) is 0 Å². The van der Waals surface area contributed by atoms with Crippen LogP contribution in [-0.2, 0) is 22.6 Å². The summed E-state index contributed by atoms with van der Waals surface area (Å²) in [5, 5.41) is 6.50. The number of nitrogens with two attached hydrogens (primary N) is 1. The molecule has 0 radical (unpaired) electrons. The van der Waals surface area contributed by atoms with Crippen molar-refractivity contribution < 1.29 is 13.9 Å². The minimum Gasteiger partial charge on any atom is -0.378 e. The second kappa shape index (κ2) is 16.4. The molecule has 0 amide bonds. The van der Waals surface area contributed by atoms with Crippen LogP contribution in [0.1, 0.15) is 30.9 Å². The van der Waals surface area contributed by atoms with Gasteiger partial charge in [-0.1, -0.05) is 55.8 Å². The lowest BCUT2D eigenvalue weighted by atomic mass is 10.2. The highest BCUT2D eigenvalue weighted by molar-refractivity contribution is 5.45. The molecule has 37 heavy (non-hydrogen) atoms. The molecule has 1 aromatic heterocycles. The van der Waals surface area contributed by atoms with Crippen molar-refractivity contribution in [1.29, 1.82) is 0 Å². The van der Waals surface area contributed by atoms with E-state index in [-0.39, 0.29) is 5.82 Å². The van der Waals surface area contributed by atoms with Gasteiger partial charge >= 0.3 is 0 Å². The topological polar surface area (TPSA) is 110 Å². The van der Waals surface area contributed by atoms with Crippen LogP contribution in [0.4, 0.5) is 22.2 Å². The molecule has 2 aromatic carbocycles. The second-order valence-corrected chi connectivity index (χ2v) is 8.46. The highest BCUT2D eigenvalue weighted by Gasteiger charge is 2.14.